The molecule has 1 fully saturated rings. The smallest absolute Gasteiger partial charge is 0.239 e. The SMILES string of the molecule is CCc1cnc(CN(C)C2CCN(C(C(N)=O)c3ccccc3)C2)o1. The highest BCUT2D eigenvalue weighted by Crippen LogP contribution is 2.27. The third-order valence-electron chi connectivity index (χ3n) is 4.90. The van der Waals surface area contributed by atoms with Gasteiger partial charge in [0.1, 0.15) is 11.8 Å². The second-order valence-corrected chi connectivity index (χ2v) is 6.64. The van der Waals surface area contributed by atoms with Gasteiger partial charge in [-0.1, -0.05) is 37.3 Å². The van der Waals surface area contributed by atoms with Crippen molar-refractivity contribution in [2.45, 2.75) is 38.4 Å². The summed E-state index contributed by atoms with van der Waals surface area (Å²) in [7, 11) is 2.08. The maximum Gasteiger partial charge on any atom is 0.239 e. The van der Waals surface area contributed by atoms with E-state index in [4.69, 9.17) is 10.2 Å². The van der Waals surface area contributed by atoms with Crippen molar-refractivity contribution < 1.29 is 9.21 Å². The molecule has 1 aliphatic heterocycles. The zero-order valence-electron chi connectivity index (χ0n) is 14.9. The molecule has 25 heavy (non-hydrogen) atoms. The van der Waals surface area contributed by atoms with Crippen LogP contribution in [0.3, 0.4) is 0 Å². The number of nitrogens with zero attached hydrogens (tertiary/aromatic N) is 3. The molecule has 1 aliphatic rings. The summed E-state index contributed by atoms with van der Waals surface area (Å²) in [5.41, 5.74) is 6.65. The second-order valence-electron chi connectivity index (χ2n) is 6.64. The summed E-state index contributed by atoms with van der Waals surface area (Å²) in [4.78, 5) is 20.8. The van der Waals surface area contributed by atoms with Crippen LogP contribution in [0.1, 0.15) is 36.6 Å². The highest BCUT2D eigenvalue weighted by molar-refractivity contribution is 5.81. The molecule has 2 N–H and O–H groups in total. The van der Waals surface area contributed by atoms with Gasteiger partial charge in [0.25, 0.3) is 0 Å². The van der Waals surface area contributed by atoms with Crippen molar-refractivity contribution in [1.29, 1.82) is 0 Å². The van der Waals surface area contributed by atoms with E-state index in [0.29, 0.717) is 12.6 Å². The Labute approximate surface area is 148 Å². The molecule has 0 aliphatic carbocycles. The van der Waals surface area contributed by atoms with Crippen LogP contribution in [-0.2, 0) is 17.8 Å². The fourth-order valence-electron chi connectivity index (χ4n) is 3.48. The monoisotopic (exact) mass is 342 g/mol. The lowest BCUT2D eigenvalue weighted by atomic mass is 10.1. The fraction of sp³-hybridized carbons (Fsp3) is 0.474. The van der Waals surface area contributed by atoms with E-state index in [9.17, 15) is 4.79 Å². The van der Waals surface area contributed by atoms with Gasteiger partial charge in [-0.05, 0) is 19.0 Å². The average molecular weight is 342 g/mol. The molecule has 0 radical (unpaired) electrons. The van der Waals surface area contributed by atoms with Gasteiger partial charge in [-0.25, -0.2) is 4.98 Å². The first-order valence-electron chi connectivity index (χ1n) is 8.80. The third kappa shape index (κ3) is 4.08. The fourth-order valence-corrected chi connectivity index (χ4v) is 3.48. The predicted octanol–water partition coefficient (Wildman–Crippen LogP) is 1.97. The van der Waals surface area contributed by atoms with Gasteiger partial charge in [-0.15, -0.1) is 0 Å². The van der Waals surface area contributed by atoms with E-state index in [1.54, 1.807) is 6.20 Å². The number of benzene rings is 1. The Morgan fingerprint density at radius 2 is 2.20 bits per heavy atom. The molecule has 1 amide bonds. The van der Waals surface area contributed by atoms with Crippen LogP contribution < -0.4 is 5.73 Å². The Morgan fingerprint density at radius 3 is 2.84 bits per heavy atom. The molecule has 2 atom stereocenters. The first-order chi connectivity index (χ1) is 12.1. The van der Waals surface area contributed by atoms with E-state index in [2.05, 4.69) is 28.8 Å². The van der Waals surface area contributed by atoms with E-state index in [0.717, 1.165) is 43.1 Å². The van der Waals surface area contributed by atoms with Gasteiger partial charge in [-0.3, -0.25) is 14.6 Å². The molecule has 3 rings (SSSR count). The summed E-state index contributed by atoms with van der Waals surface area (Å²) >= 11 is 0. The summed E-state index contributed by atoms with van der Waals surface area (Å²) in [5.74, 6) is 1.36. The van der Waals surface area contributed by atoms with Crippen molar-refractivity contribution in [1.82, 2.24) is 14.8 Å². The zero-order valence-corrected chi connectivity index (χ0v) is 14.9. The summed E-state index contributed by atoms with van der Waals surface area (Å²) in [5, 5.41) is 0. The van der Waals surface area contributed by atoms with Crippen LogP contribution in [0.2, 0.25) is 0 Å². The van der Waals surface area contributed by atoms with Crippen molar-refractivity contribution in [3.05, 3.63) is 53.7 Å². The topological polar surface area (TPSA) is 75.6 Å². The standard InChI is InChI=1S/C19H26N4O2/c1-3-16-11-21-17(25-16)13-22(2)15-9-10-23(12-15)18(19(20)24)14-7-5-4-6-8-14/h4-8,11,15,18H,3,9-10,12-13H2,1-2H3,(H2,20,24). The minimum absolute atomic E-state index is 0.296. The Hall–Kier alpha value is -2.18. The van der Waals surface area contributed by atoms with E-state index in [1.807, 2.05) is 30.3 Å². The van der Waals surface area contributed by atoms with E-state index in [1.165, 1.54) is 0 Å². The largest absolute Gasteiger partial charge is 0.444 e. The van der Waals surface area contributed by atoms with Crippen molar-refractivity contribution in [3.8, 4) is 0 Å². The van der Waals surface area contributed by atoms with Crippen LogP contribution >= 0.6 is 0 Å². The number of aromatic nitrogens is 1. The number of likely N-dealkylation sites (tertiary alicyclic amines) is 1. The molecular formula is C19H26N4O2. The number of likely N-dealkylation sites (N-methyl/N-ethyl adjacent to an activating group) is 1. The normalized spacial score (nSPS) is 19.4. The molecule has 2 unspecified atom stereocenters. The summed E-state index contributed by atoms with van der Waals surface area (Å²) in [6.45, 7) is 4.38. The molecule has 0 bridgehead atoms. The van der Waals surface area contributed by atoms with Crippen LogP contribution in [0.15, 0.2) is 40.9 Å². The zero-order chi connectivity index (χ0) is 17.8. The van der Waals surface area contributed by atoms with Gasteiger partial charge < -0.3 is 10.2 Å². The summed E-state index contributed by atoms with van der Waals surface area (Å²) in [6, 6.07) is 9.74. The number of hydrogen-bond donors (Lipinski definition) is 1. The summed E-state index contributed by atoms with van der Waals surface area (Å²) in [6.07, 6.45) is 3.64. The molecule has 6 nitrogen and oxygen atoms in total. The quantitative estimate of drug-likeness (QED) is 0.832. The number of amides is 1. The third-order valence-corrected chi connectivity index (χ3v) is 4.90. The summed E-state index contributed by atoms with van der Waals surface area (Å²) < 4.78 is 5.70. The lowest BCUT2D eigenvalue weighted by Gasteiger charge is -2.27. The van der Waals surface area contributed by atoms with Gasteiger partial charge in [0.15, 0.2) is 0 Å². The van der Waals surface area contributed by atoms with Crippen molar-refractivity contribution in [2.24, 2.45) is 5.73 Å². The molecule has 134 valence electrons. The van der Waals surface area contributed by atoms with Crippen LogP contribution in [-0.4, -0.2) is 46.9 Å². The Morgan fingerprint density at radius 1 is 1.44 bits per heavy atom. The lowest BCUT2D eigenvalue weighted by Crippen LogP contribution is -2.39. The van der Waals surface area contributed by atoms with Crippen LogP contribution in [0.5, 0.6) is 0 Å². The molecule has 2 aromatic rings. The first-order valence-corrected chi connectivity index (χ1v) is 8.80. The maximum atomic E-state index is 12.0. The number of primary amides is 1. The van der Waals surface area contributed by atoms with E-state index >= 15 is 0 Å². The molecule has 1 aromatic heterocycles. The highest BCUT2D eigenvalue weighted by atomic mass is 16.4. The van der Waals surface area contributed by atoms with Gasteiger partial charge in [0.05, 0.1) is 12.7 Å². The van der Waals surface area contributed by atoms with Crippen molar-refractivity contribution in [2.75, 3.05) is 20.1 Å². The van der Waals surface area contributed by atoms with Crippen molar-refractivity contribution >= 4 is 5.91 Å². The molecular weight excluding hydrogens is 316 g/mol. The molecule has 2 heterocycles. The number of oxazole rings is 1. The Bertz CT molecular complexity index is 700. The minimum Gasteiger partial charge on any atom is -0.444 e. The maximum absolute atomic E-state index is 12.0. The lowest BCUT2D eigenvalue weighted by molar-refractivity contribution is -0.123. The van der Waals surface area contributed by atoms with Crippen LogP contribution in [0.4, 0.5) is 0 Å². The molecule has 0 saturated carbocycles. The molecule has 0 spiro atoms. The van der Waals surface area contributed by atoms with Gasteiger partial charge in [0.2, 0.25) is 11.8 Å². The number of carbonyl (C=O) groups excluding carboxylic acids is 1. The van der Waals surface area contributed by atoms with E-state index in [-0.39, 0.29) is 11.9 Å². The average Bonchev–Trinajstić information content (AvgIpc) is 3.25. The van der Waals surface area contributed by atoms with Crippen LogP contribution in [0.25, 0.3) is 0 Å². The number of rotatable bonds is 7. The Balaban J connectivity index is 1.64. The van der Waals surface area contributed by atoms with Crippen LogP contribution in [0, 0.1) is 0 Å². The predicted molar refractivity (Wildman–Crippen MR) is 95.7 cm³/mol. The second kappa shape index (κ2) is 7.80. The molecule has 1 aromatic carbocycles. The highest BCUT2D eigenvalue weighted by Gasteiger charge is 2.34. The molecule has 1 saturated heterocycles. The Kier molecular flexibility index (Phi) is 5.50. The number of nitrogens with two attached hydrogens (primary N) is 1. The first kappa shape index (κ1) is 17.6. The number of aryl methyl sites for hydroxylation is 1. The number of carbonyl (C=O) groups is 1. The van der Waals surface area contributed by atoms with E-state index < -0.39 is 0 Å². The number of hydrogen-bond acceptors (Lipinski definition) is 5. The van der Waals surface area contributed by atoms with Crippen molar-refractivity contribution in [3.63, 3.8) is 0 Å². The van der Waals surface area contributed by atoms with Gasteiger partial charge in [-0.2, -0.15) is 0 Å². The minimum atomic E-state index is -0.368. The molecule has 6 heteroatoms. The van der Waals surface area contributed by atoms with Gasteiger partial charge in [0, 0.05) is 25.6 Å². The van der Waals surface area contributed by atoms with Gasteiger partial charge >= 0.3 is 0 Å².